The van der Waals surface area contributed by atoms with Crippen LogP contribution in [0.1, 0.15) is 34.7 Å². The molecular weight excluding hydrogens is 635 g/mol. The Morgan fingerprint density at radius 3 is 2.64 bits per heavy atom. The Kier molecular flexibility index (Phi) is 8.43. The number of nitrogens with zero attached hydrogens (tertiary/aromatic N) is 4. The minimum atomic E-state index is -0.807. The van der Waals surface area contributed by atoms with Crippen molar-refractivity contribution in [1.82, 2.24) is 14.5 Å². The van der Waals surface area contributed by atoms with Gasteiger partial charge in [0.05, 0.1) is 27.3 Å². The maximum Gasteiger partial charge on any atom is 0.338 e. The number of aromatic amines is 1. The number of fused-ring (bicyclic) bond motifs is 1. The Bertz CT molecular complexity index is 2220. The minimum Gasteiger partial charge on any atom is -0.463 e. The molecule has 14 heteroatoms. The van der Waals surface area contributed by atoms with Crippen LogP contribution < -0.4 is 20.5 Å². The molecule has 0 spiro atoms. The van der Waals surface area contributed by atoms with Gasteiger partial charge in [-0.2, -0.15) is 0 Å². The van der Waals surface area contributed by atoms with Gasteiger partial charge in [0, 0.05) is 39.2 Å². The number of thiazole rings is 1. The lowest BCUT2D eigenvalue weighted by molar-refractivity contribution is -0.384. The van der Waals surface area contributed by atoms with Crippen molar-refractivity contribution in [2.75, 3.05) is 6.61 Å². The largest absolute Gasteiger partial charge is 0.463 e. The van der Waals surface area contributed by atoms with Gasteiger partial charge < -0.3 is 9.72 Å². The molecule has 0 aliphatic carbocycles. The van der Waals surface area contributed by atoms with Gasteiger partial charge in [0.2, 0.25) is 0 Å². The molecule has 2 aromatic carbocycles. The number of esters is 1. The number of carbonyl (C=O) groups excluding carboxylic acids is 1. The molecule has 6 rings (SSSR count). The van der Waals surface area contributed by atoms with Crippen LogP contribution in [-0.4, -0.2) is 32.0 Å². The second-order valence-corrected chi connectivity index (χ2v) is 12.7. The van der Waals surface area contributed by atoms with E-state index in [9.17, 15) is 24.5 Å². The summed E-state index contributed by atoms with van der Waals surface area (Å²) in [4.78, 5) is 64.4. The van der Waals surface area contributed by atoms with Gasteiger partial charge in [0.25, 0.3) is 16.8 Å². The SMILES string of the molecule is CCOC(=O)C1=C(c2ccccc2)N=c2s/c(=C/c3cc([N+](=O)[O-])ccc3Sc3nc(C)cc(=O)[nH]3)c(=O)n2[C@H]1c1cccs1. The smallest absolute Gasteiger partial charge is 0.338 e. The molecule has 5 aromatic rings. The van der Waals surface area contributed by atoms with E-state index < -0.39 is 22.5 Å². The number of nitro groups is 1. The topological polar surface area (TPSA) is 150 Å². The first-order chi connectivity index (χ1) is 21.7. The molecule has 0 fully saturated rings. The number of aromatic nitrogens is 3. The molecule has 1 N–H and O–H groups in total. The van der Waals surface area contributed by atoms with Crippen LogP contribution in [0.4, 0.5) is 5.69 Å². The van der Waals surface area contributed by atoms with Gasteiger partial charge in [-0.15, -0.1) is 11.3 Å². The van der Waals surface area contributed by atoms with Gasteiger partial charge in [-0.25, -0.2) is 14.8 Å². The summed E-state index contributed by atoms with van der Waals surface area (Å²) in [7, 11) is 0. The Hall–Kier alpha value is -4.92. The van der Waals surface area contributed by atoms with Crippen LogP contribution in [0.2, 0.25) is 0 Å². The number of H-pyrrole nitrogens is 1. The lowest BCUT2D eigenvalue weighted by atomic mass is 9.97. The summed E-state index contributed by atoms with van der Waals surface area (Å²) in [5.41, 5.74) is 1.31. The molecule has 226 valence electrons. The number of rotatable bonds is 8. The molecule has 0 bridgehead atoms. The highest BCUT2D eigenvalue weighted by atomic mass is 32.2. The first kappa shape index (κ1) is 30.1. The summed E-state index contributed by atoms with van der Waals surface area (Å²) in [6.07, 6.45) is 1.56. The van der Waals surface area contributed by atoms with Crippen molar-refractivity contribution in [2.24, 2.45) is 4.99 Å². The molecule has 4 heterocycles. The Labute approximate surface area is 267 Å². The van der Waals surface area contributed by atoms with Gasteiger partial charge in [0.1, 0.15) is 6.04 Å². The van der Waals surface area contributed by atoms with Crippen LogP contribution >= 0.6 is 34.4 Å². The predicted octanol–water partition coefficient (Wildman–Crippen LogP) is 4.45. The highest BCUT2D eigenvalue weighted by Gasteiger charge is 2.35. The average Bonchev–Trinajstić information content (AvgIpc) is 3.65. The summed E-state index contributed by atoms with van der Waals surface area (Å²) in [5, 5.41) is 13.9. The number of hydrogen-bond acceptors (Lipinski definition) is 11. The number of ether oxygens (including phenoxy) is 1. The molecule has 1 atom stereocenters. The normalized spacial score (nSPS) is 14.6. The van der Waals surface area contributed by atoms with Crippen molar-refractivity contribution in [3.63, 3.8) is 0 Å². The van der Waals surface area contributed by atoms with Crippen molar-refractivity contribution >= 4 is 57.9 Å². The third-order valence-electron chi connectivity index (χ3n) is 6.73. The first-order valence-corrected chi connectivity index (χ1v) is 16.1. The zero-order chi connectivity index (χ0) is 31.7. The van der Waals surface area contributed by atoms with E-state index in [1.165, 1.54) is 34.1 Å². The Balaban J connectivity index is 1.59. The minimum absolute atomic E-state index is 0.139. The van der Waals surface area contributed by atoms with Gasteiger partial charge in [-0.05, 0) is 43.0 Å². The molecule has 0 saturated carbocycles. The highest BCUT2D eigenvalue weighted by Crippen LogP contribution is 2.37. The van der Waals surface area contributed by atoms with Crippen molar-refractivity contribution in [2.45, 2.75) is 29.9 Å². The number of nitrogens with one attached hydrogen (secondary N) is 1. The van der Waals surface area contributed by atoms with Crippen LogP contribution in [0.5, 0.6) is 0 Å². The van der Waals surface area contributed by atoms with E-state index in [4.69, 9.17) is 9.73 Å². The van der Waals surface area contributed by atoms with Gasteiger partial charge >= 0.3 is 5.97 Å². The second kappa shape index (κ2) is 12.6. The number of nitro benzene ring substituents is 1. The summed E-state index contributed by atoms with van der Waals surface area (Å²) >= 11 is 3.62. The van der Waals surface area contributed by atoms with Crippen LogP contribution in [0.25, 0.3) is 11.8 Å². The number of benzene rings is 2. The zero-order valence-electron chi connectivity index (χ0n) is 23.8. The van der Waals surface area contributed by atoms with Crippen molar-refractivity contribution in [3.8, 4) is 0 Å². The van der Waals surface area contributed by atoms with E-state index in [0.717, 1.165) is 28.0 Å². The zero-order valence-corrected chi connectivity index (χ0v) is 26.2. The third-order valence-corrected chi connectivity index (χ3v) is 9.62. The molecule has 0 amide bonds. The van der Waals surface area contributed by atoms with Crippen molar-refractivity contribution in [1.29, 1.82) is 0 Å². The fourth-order valence-electron chi connectivity index (χ4n) is 4.86. The molecule has 3 aromatic heterocycles. The summed E-state index contributed by atoms with van der Waals surface area (Å²) in [6, 6.07) is 17.7. The monoisotopic (exact) mass is 657 g/mol. The maximum atomic E-state index is 14.2. The fraction of sp³-hybridized carbons (Fsp3) is 0.129. The van der Waals surface area contributed by atoms with Gasteiger partial charge in [-0.1, -0.05) is 59.5 Å². The number of carbonyl (C=O) groups is 1. The van der Waals surface area contributed by atoms with Gasteiger partial charge in [0.15, 0.2) is 9.96 Å². The number of non-ortho nitro benzene ring substituents is 1. The van der Waals surface area contributed by atoms with Crippen LogP contribution in [0, 0.1) is 17.0 Å². The van der Waals surface area contributed by atoms with E-state index in [1.807, 2.05) is 47.8 Å². The molecule has 1 aliphatic heterocycles. The van der Waals surface area contributed by atoms with Crippen LogP contribution in [0.15, 0.2) is 102 Å². The highest BCUT2D eigenvalue weighted by molar-refractivity contribution is 7.99. The lowest BCUT2D eigenvalue weighted by Crippen LogP contribution is -2.39. The molecule has 0 radical (unpaired) electrons. The van der Waals surface area contributed by atoms with Crippen LogP contribution in [0.3, 0.4) is 0 Å². The second-order valence-electron chi connectivity index (χ2n) is 9.72. The Morgan fingerprint density at radius 1 is 1.16 bits per heavy atom. The maximum absolute atomic E-state index is 14.2. The first-order valence-electron chi connectivity index (χ1n) is 13.6. The van der Waals surface area contributed by atoms with E-state index in [0.29, 0.717) is 37.4 Å². The standard InChI is InChI=1S/C31H23N5O6S3/c1-3-42-29(39)25-26(18-8-5-4-6-9-18)34-31-35(27(25)22-10-7-13-43-22)28(38)23(45-31)16-19-15-20(36(40)41)11-12-21(19)44-30-32-17(2)14-24(37)33-30/h4-16,27H,3H2,1-2H3,(H,32,33,37)/b23-16+/t27-/m0/s1. The quantitative estimate of drug-likeness (QED) is 0.111. The lowest BCUT2D eigenvalue weighted by Gasteiger charge is -2.24. The fourth-order valence-corrected chi connectivity index (χ4v) is 7.59. The number of hydrogen-bond donors (Lipinski definition) is 1. The van der Waals surface area contributed by atoms with E-state index in [2.05, 4.69) is 9.97 Å². The summed E-state index contributed by atoms with van der Waals surface area (Å²) < 4.78 is 7.20. The molecule has 1 aliphatic rings. The molecule has 45 heavy (non-hydrogen) atoms. The molecule has 11 nitrogen and oxygen atoms in total. The third kappa shape index (κ3) is 6.07. The predicted molar refractivity (Wildman–Crippen MR) is 172 cm³/mol. The molecule has 0 unspecified atom stereocenters. The number of thiophene rings is 1. The summed E-state index contributed by atoms with van der Waals surface area (Å²) in [6.45, 7) is 3.54. The van der Waals surface area contributed by atoms with E-state index >= 15 is 0 Å². The Morgan fingerprint density at radius 2 is 1.96 bits per heavy atom. The molecular formula is C31H23N5O6S3. The van der Waals surface area contributed by atoms with Crippen LogP contribution in [-0.2, 0) is 9.53 Å². The van der Waals surface area contributed by atoms with E-state index in [1.54, 1.807) is 26.0 Å². The van der Waals surface area contributed by atoms with Crippen molar-refractivity contribution < 1.29 is 14.5 Å². The average molecular weight is 658 g/mol. The summed E-state index contributed by atoms with van der Waals surface area (Å²) in [5.74, 6) is -0.579. The van der Waals surface area contributed by atoms with E-state index in [-0.39, 0.29) is 28.0 Å². The van der Waals surface area contributed by atoms with Gasteiger partial charge in [-0.3, -0.25) is 24.3 Å². The number of aryl methyl sites for hydroxylation is 1. The molecule has 0 saturated heterocycles. The van der Waals surface area contributed by atoms with Crippen molar-refractivity contribution in [3.05, 3.63) is 140 Å².